The molecular formula is C12H17NO3S. The third kappa shape index (κ3) is 2.85. The zero-order chi connectivity index (χ0) is 13.2. The van der Waals surface area contributed by atoms with E-state index in [-0.39, 0.29) is 11.9 Å². The average molecular weight is 255 g/mol. The molecule has 1 rings (SSSR count). The van der Waals surface area contributed by atoms with Gasteiger partial charge < -0.3 is 10.0 Å². The maximum atomic E-state index is 11.6. The maximum Gasteiger partial charge on any atom is 0.331 e. The Morgan fingerprint density at radius 1 is 1.41 bits per heavy atom. The van der Waals surface area contributed by atoms with E-state index in [1.165, 1.54) is 23.2 Å². The van der Waals surface area contributed by atoms with Gasteiger partial charge in [-0.2, -0.15) is 0 Å². The molecule has 17 heavy (non-hydrogen) atoms. The van der Waals surface area contributed by atoms with Gasteiger partial charge in [-0.1, -0.05) is 0 Å². The smallest absolute Gasteiger partial charge is 0.331 e. The Bertz CT molecular complexity index is 425. The molecule has 4 nitrogen and oxygen atoms in total. The molecule has 0 saturated carbocycles. The van der Waals surface area contributed by atoms with E-state index in [4.69, 9.17) is 0 Å². The van der Waals surface area contributed by atoms with Crippen molar-refractivity contribution in [3.63, 3.8) is 0 Å². The number of amides is 1. The Morgan fingerprint density at radius 2 is 2.00 bits per heavy atom. The van der Waals surface area contributed by atoms with Crippen molar-refractivity contribution in [1.82, 2.24) is 4.90 Å². The van der Waals surface area contributed by atoms with E-state index >= 15 is 0 Å². The molecule has 0 aromatic carbocycles. The zero-order valence-electron chi connectivity index (χ0n) is 10.4. The van der Waals surface area contributed by atoms with Crippen LogP contribution in [0.2, 0.25) is 0 Å². The highest BCUT2D eigenvalue weighted by molar-refractivity contribution is 7.10. The Kier molecular flexibility index (Phi) is 4.28. The monoisotopic (exact) mass is 255 g/mol. The summed E-state index contributed by atoms with van der Waals surface area (Å²) in [5.74, 6) is -1.21. The summed E-state index contributed by atoms with van der Waals surface area (Å²) in [5, 5.41) is 11.2. The fourth-order valence-corrected chi connectivity index (χ4v) is 2.88. The number of carboxylic acid groups (broad SMARTS) is 1. The van der Waals surface area contributed by atoms with Gasteiger partial charge in [-0.3, -0.25) is 4.79 Å². The zero-order valence-corrected chi connectivity index (χ0v) is 11.2. The minimum atomic E-state index is -0.987. The van der Waals surface area contributed by atoms with Crippen molar-refractivity contribution < 1.29 is 14.7 Å². The predicted octanol–water partition coefficient (Wildman–Crippen LogP) is 2.44. The second-order valence-electron chi connectivity index (χ2n) is 4.23. The first-order valence-corrected chi connectivity index (χ1v) is 6.30. The van der Waals surface area contributed by atoms with Crippen LogP contribution < -0.4 is 0 Å². The number of carbonyl (C=O) groups is 2. The van der Waals surface area contributed by atoms with Crippen LogP contribution in [0.25, 0.3) is 0 Å². The minimum absolute atomic E-state index is 0.143. The first kappa shape index (κ1) is 13.7. The highest BCUT2D eigenvalue weighted by atomic mass is 32.1. The number of thiophene rings is 1. The Hall–Kier alpha value is -1.36. The predicted molar refractivity (Wildman–Crippen MR) is 67.1 cm³/mol. The largest absolute Gasteiger partial charge is 0.479 e. The molecule has 0 aliphatic heterocycles. The molecule has 0 spiro atoms. The summed E-state index contributed by atoms with van der Waals surface area (Å²) in [7, 11) is 0. The molecule has 94 valence electrons. The molecule has 1 aromatic rings. The number of hydrogen-bond donors (Lipinski definition) is 1. The lowest BCUT2D eigenvalue weighted by Gasteiger charge is -2.31. The standard InChI is InChI=1S/C12H17NO3S/c1-7(2)13(9(4)14)10(12(15)16)11-8(3)5-6-17-11/h5-7,10H,1-4H3,(H,15,16). The topological polar surface area (TPSA) is 57.6 Å². The van der Waals surface area contributed by atoms with Crippen molar-refractivity contribution in [1.29, 1.82) is 0 Å². The van der Waals surface area contributed by atoms with Gasteiger partial charge in [0.15, 0.2) is 6.04 Å². The summed E-state index contributed by atoms with van der Waals surface area (Å²) < 4.78 is 0. The molecule has 1 aromatic heterocycles. The van der Waals surface area contributed by atoms with E-state index in [2.05, 4.69) is 0 Å². The van der Waals surface area contributed by atoms with Gasteiger partial charge in [0.1, 0.15) is 0 Å². The first-order chi connectivity index (χ1) is 7.86. The van der Waals surface area contributed by atoms with E-state index in [1.807, 2.05) is 32.2 Å². The van der Waals surface area contributed by atoms with Gasteiger partial charge in [-0.15, -0.1) is 11.3 Å². The van der Waals surface area contributed by atoms with Gasteiger partial charge in [0.2, 0.25) is 5.91 Å². The van der Waals surface area contributed by atoms with Crippen LogP contribution in [0, 0.1) is 6.92 Å². The Labute approximate surface area is 105 Å². The second kappa shape index (κ2) is 5.31. The summed E-state index contributed by atoms with van der Waals surface area (Å²) in [4.78, 5) is 25.1. The molecule has 5 heteroatoms. The molecule has 0 aliphatic carbocycles. The third-order valence-corrected chi connectivity index (χ3v) is 3.65. The van der Waals surface area contributed by atoms with E-state index in [0.29, 0.717) is 0 Å². The van der Waals surface area contributed by atoms with Crippen LogP contribution in [0.5, 0.6) is 0 Å². The number of nitrogens with zero attached hydrogens (tertiary/aromatic N) is 1. The molecule has 1 atom stereocenters. The minimum Gasteiger partial charge on any atom is -0.479 e. The van der Waals surface area contributed by atoms with Gasteiger partial charge in [0, 0.05) is 17.8 Å². The number of hydrogen-bond acceptors (Lipinski definition) is 3. The van der Waals surface area contributed by atoms with Crippen molar-refractivity contribution >= 4 is 23.2 Å². The van der Waals surface area contributed by atoms with Crippen LogP contribution in [0.1, 0.15) is 37.3 Å². The fourth-order valence-electron chi connectivity index (χ4n) is 1.87. The van der Waals surface area contributed by atoms with Crippen LogP contribution in [0.4, 0.5) is 0 Å². The molecule has 1 unspecified atom stereocenters. The molecule has 0 saturated heterocycles. The van der Waals surface area contributed by atoms with Gasteiger partial charge in [0.05, 0.1) is 0 Å². The number of aryl methyl sites for hydroxylation is 1. The van der Waals surface area contributed by atoms with E-state index in [0.717, 1.165) is 10.4 Å². The van der Waals surface area contributed by atoms with Crippen LogP contribution in [0.3, 0.4) is 0 Å². The Balaban J connectivity index is 3.21. The summed E-state index contributed by atoms with van der Waals surface area (Å²) in [5.41, 5.74) is 0.911. The summed E-state index contributed by atoms with van der Waals surface area (Å²) in [6, 6.07) is 0.844. The summed E-state index contributed by atoms with van der Waals surface area (Å²) in [6.45, 7) is 6.90. The van der Waals surface area contributed by atoms with Crippen LogP contribution >= 0.6 is 11.3 Å². The SMILES string of the molecule is CC(=O)N(C(C)C)C(C(=O)O)c1sccc1C. The van der Waals surface area contributed by atoms with Crippen LogP contribution in [-0.2, 0) is 9.59 Å². The van der Waals surface area contributed by atoms with Crippen molar-refractivity contribution in [3.05, 3.63) is 21.9 Å². The van der Waals surface area contributed by atoms with E-state index in [1.54, 1.807) is 0 Å². The number of rotatable bonds is 4. The molecular weight excluding hydrogens is 238 g/mol. The highest BCUT2D eigenvalue weighted by Crippen LogP contribution is 2.30. The lowest BCUT2D eigenvalue weighted by Crippen LogP contribution is -2.42. The van der Waals surface area contributed by atoms with Gasteiger partial charge in [-0.25, -0.2) is 4.79 Å². The lowest BCUT2D eigenvalue weighted by molar-refractivity contribution is -0.151. The van der Waals surface area contributed by atoms with Gasteiger partial charge in [0.25, 0.3) is 0 Å². The van der Waals surface area contributed by atoms with Crippen molar-refractivity contribution in [2.75, 3.05) is 0 Å². The fraction of sp³-hybridized carbons (Fsp3) is 0.500. The first-order valence-electron chi connectivity index (χ1n) is 5.42. The number of carbonyl (C=O) groups excluding carboxylic acids is 1. The molecule has 0 radical (unpaired) electrons. The summed E-state index contributed by atoms with van der Waals surface area (Å²) >= 11 is 1.37. The quantitative estimate of drug-likeness (QED) is 0.899. The van der Waals surface area contributed by atoms with Gasteiger partial charge >= 0.3 is 5.97 Å². The van der Waals surface area contributed by atoms with Crippen molar-refractivity contribution in [2.24, 2.45) is 0 Å². The molecule has 1 N–H and O–H groups in total. The molecule has 0 bridgehead atoms. The molecule has 1 heterocycles. The average Bonchev–Trinajstić information content (AvgIpc) is 2.58. The molecule has 0 aliphatic rings. The molecule has 1 amide bonds. The van der Waals surface area contributed by atoms with Crippen LogP contribution in [0.15, 0.2) is 11.4 Å². The van der Waals surface area contributed by atoms with Crippen molar-refractivity contribution in [3.8, 4) is 0 Å². The van der Waals surface area contributed by atoms with E-state index in [9.17, 15) is 14.7 Å². The lowest BCUT2D eigenvalue weighted by atomic mass is 10.1. The van der Waals surface area contributed by atoms with Crippen LogP contribution in [-0.4, -0.2) is 27.9 Å². The third-order valence-electron chi connectivity index (χ3n) is 2.58. The molecule has 0 fully saturated rings. The maximum absolute atomic E-state index is 11.6. The Morgan fingerprint density at radius 3 is 2.29 bits per heavy atom. The number of carboxylic acids is 1. The normalized spacial score (nSPS) is 12.5. The van der Waals surface area contributed by atoms with E-state index < -0.39 is 12.0 Å². The highest BCUT2D eigenvalue weighted by Gasteiger charge is 2.33. The second-order valence-corrected chi connectivity index (χ2v) is 5.18. The summed E-state index contributed by atoms with van der Waals surface area (Å²) in [6.07, 6.45) is 0. The number of aliphatic carboxylic acids is 1. The van der Waals surface area contributed by atoms with Crippen molar-refractivity contribution in [2.45, 2.75) is 39.8 Å². The van der Waals surface area contributed by atoms with Gasteiger partial charge in [-0.05, 0) is 37.8 Å².